The van der Waals surface area contributed by atoms with Gasteiger partial charge in [-0.05, 0) is 0 Å². The zero-order chi connectivity index (χ0) is 15.4. The standard InChI is InChI=1S/C10H19NO7P2/c12-10-3-1-9(2-4-10)5-6-11(7-19(13,14)15)8-20(16,17)18/h1-4,12-15,19H,5-8H2,(H2,16,17,18). The molecule has 8 nitrogen and oxygen atoms in total. The molecule has 0 unspecified atom stereocenters. The van der Waals surface area contributed by atoms with Crippen molar-refractivity contribution in [3.8, 4) is 5.75 Å². The molecule has 0 bridgehead atoms. The molecule has 116 valence electrons. The number of aromatic hydroxyl groups is 1. The van der Waals surface area contributed by atoms with Gasteiger partial charge in [0.1, 0.15) is 0 Å². The number of rotatable bonds is 7. The molecular weight excluding hydrogens is 308 g/mol. The molecule has 0 atom stereocenters. The van der Waals surface area contributed by atoms with E-state index in [0.29, 0.717) is 6.42 Å². The van der Waals surface area contributed by atoms with Gasteiger partial charge in [0.2, 0.25) is 0 Å². The van der Waals surface area contributed by atoms with Gasteiger partial charge in [-0.15, -0.1) is 0 Å². The molecule has 0 aliphatic rings. The molecule has 0 saturated heterocycles. The SMILES string of the molecule is O=P(O)(O)CN(CCc1ccc(O)cc1)C[PH](O)(O)O. The predicted molar refractivity (Wildman–Crippen MR) is 75.3 cm³/mol. The van der Waals surface area contributed by atoms with E-state index in [4.69, 9.17) is 29.6 Å². The second-order valence-electron chi connectivity index (χ2n) is 4.55. The Balaban J connectivity index is 2.64. The van der Waals surface area contributed by atoms with Crippen molar-refractivity contribution < 1.29 is 34.1 Å². The molecule has 1 aromatic rings. The van der Waals surface area contributed by atoms with Crippen LogP contribution in [0.3, 0.4) is 0 Å². The molecule has 1 rings (SSSR count). The minimum absolute atomic E-state index is 0.105. The van der Waals surface area contributed by atoms with Gasteiger partial charge in [-0.25, -0.2) is 0 Å². The van der Waals surface area contributed by atoms with E-state index in [-0.39, 0.29) is 12.3 Å². The Morgan fingerprint density at radius 3 is 2.10 bits per heavy atom. The predicted octanol–water partition coefficient (Wildman–Crippen LogP) is -0.199. The molecule has 0 amide bonds. The van der Waals surface area contributed by atoms with Crippen molar-refractivity contribution in [1.82, 2.24) is 4.90 Å². The van der Waals surface area contributed by atoms with Crippen LogP contribution in [-0.4, -0.2) is 53.6 Å². The van der Waals surface area contributed by atoms with Gasteiger partial charge in [0.15, 0.2) is 0 Å². The Bertz CT molecular complexity index is 467. The topological polar surface area (TPSA) is 142 Å². The van der Waals surface area contributed by atoms with Crippen molar-refractivity contribution >= 4 is 15.5 Å². The molecule has 10 heteroatoms. The number of hydrogen-bond donors (Lipinski definition) is 6. The fraction of sp³-hybridized carbons (Fsp3) is 0.400. The van der Waals surface area contributed by atoms with Gasteiger partial charge in [-0.3, -0.25) is 0 Å². The molecule has 0 saturated carbocycles. The van der Waals surface area contributed by atoms with Crippen LogP contribution in [0.15, 0.2) is 24.3 Å². The summed E-state index contributed by atoms with van der Waals surface area (Å²) in [5.41, 5.74) is 0.805. The molecule has 0 radical (unpaired) electrons. The molecule has 20 heavy (non-hydrogen) atoms. The van der Waals surface area contributed by atoms with Gasteiger partial charge in [-0.2, -0.15) is 0 Å². The Labute approximate surface area is 116 Å². The van der Waals surface area contributed by atoms with Crippen LogP contribution in [0.25, 0.3) is 0 Å². The van der Waals surface area contributed by atoms with Crippen LogP contribution < -0.4 is 0 Å². The molecule has 1 aromatic carbocycles. The summed E-state index contributed by atoms with van der Waals surface area (Å²) in [6, 6.07) is 6.25. The van der Waals surface area contributed by atoms with Crippen molar-refractivity contribution in [3.05, 3.63) is 29.8 Å². The second-order valence-corrected chi connectivity index (χ2v) is 8.03. The van der Waals surface area contributed by atoms with Crippen molar-refractivity contribution in [2.75, 3.05) is 19.1 Å². The summed E-state index contributed by atoms with van der Waals surface area (Å²) in [6.45, 7) is 0.131. The van der Waals surface area contributed by atoms with Gasteiger partial charge in [0.05, 0.1) is 0 Å². The van der Waals surface area contributed by atoms with Gasteiger partial charge in [0.25, 0.3) is 0 Å². The fourth-order valence-electron chi connectivity index (χ4n) is 1.71. The van der Waals surface area contributed by atoms with Crippen LogP contribution in [0.2, 0.25) is 0 Å². The van der Waals surface area contributed by atoms with Crippen molar-refractivity contribution in [2.45, 2.75) is 6.42 Å². The molecule has 0 heterocycles. The third-order valence-corrected chi connectivity index (χ3v) is 4.11. The average Bonchev–Trinajstić information content (AvgIpc) is 2.23. The summed E-state index contributed by atoms with van der Waals surface area (Å²) < 4.78 is 11.0. The quantitative estimate of drug-likeness (QED) is 0.378. The van der Waals surface area contributed by atoms with Crippen LogP contribution in [0, 0.1) is 0 Å². The summed E-state index contributed by atoms with van der Waals surface area (Å²) in [5.74, 6) is 0.105. The molecule has 0 aliphatic carbocycles. The van der Waals surface area contributed by atoms with E-state index in [1.54, 1.807) is 12.1 Å². The first-order valence-corrected chi connectivity index (χ1v) is 9.62. The zero-order valence-electron chi connectivity index (χ0n) is 10.6. The summed E-state index contributed by atoms with van der Waals surface area (Å²) in [4.78, 5) is 46.1. The summed E-state index contributed by atoms with van der Waals surface area (Å²) in [5, 5.41) is 9.13. The molecule has 0 fully saturated rings. The van der Waals surface area contributed by atoms with E-state index in [2.05, 4.69) is 0 Å². The van der Waals surface area contributed by atoms with Crippen LogP contribution in [0.1, 0.15) is 5.56 Å². The van der Waals surface area contributed by atoms with Gasteiger partial charge in [0, 0.05) is 0 Å². The summed E-state index contributed by atoms with van der Waals surface area (Å²) in [6.07, 6.45) is -0.859. The van der Waals surface area contributed by atoms with E-state index in [1.165, 1.54) is 12.1 Å². The second kappa shape index (κ2) is 6.93. The third kappa shape index (κ3) is 7.89. The van der Waals surface area contributed by atoms with Gasteiger partial charge < -0.3 is 0 Å². The van der Waals surface area contributed by atoms with E-state index < -0.39 is 28.1 Å². The Morgan fingerprint density at radius 2 is 1.65 bits per heavy atom. The summed E-state index contributed by atoms with van der Waals surface area (Å²) >= 11 is 0. The van der Waals surface area contributed by atoms with Crippen molar-refractivity contribution in [3.63, 3.8) is 0 Å². The third-order valence-electron chi connectivity index (χ3n) is 2.47. The molecule has 6 N–H and O–H groups in total. The van der Waals surface area contributed by atoms with E-state index in [1.807, 2.05) is 0 Å². The average molecular weight is 327 g/mol. The van der Waals surface area contributed by atoms with Crippen LogP contribution in [-0.2, 0) is 11.0 Å². The first-order valence-electron chi connectivity index (χ1n) is 5.77. The first kappa shape index (κ1) is 17.5. The molecule has 0 spiro atoms. The Hall–Kier alpha value is -0.560. The zero-order valence-corrected chi connectivity index (χ0v) is 12.5. The number of phenols is 1. The maximum absolute atomic E-state index is 11.0. The van der Waals surface area contributed by atoms with Gasteiger partial charge >= 0.3 is 116 Å². The van der Waals surface area contributed by atoms with Gasteiger partial charge in [-0.1, -0.05) is 0 Å². The molecular formula is C10H19NO7P2. The molecule has 0 aliphatic heterocycles. The monoisotopic (exact) mass is 327 g/mol. The summed E-state index contributed by atoms with van der Waals surface area (Å²) in [7, 11) is -8.79. The van der Waals surface area contributed by atoms with Crippen LogP contribution in [0.5, 0.6) is 5.75 Å². The number of phenolic OH excluding ortho intramolecular Hbond substituents is 1. The maximum atomic E-state index is 11.0. The first-order chi connectivity index (χ1) is 9.05. The number of hydrogen-bond acceptors (Lipinski definition) is 6. The fourth-order valence-corrected chi connectivity index (χ4v) is 3.53. The van der Waals surface area contributed by atoms with E-state index in [9.17, 15) is 4.57 Å². The van der Waals surface area contributed by atoms with Crippen LogP contribution >= 0.6 is 15.5 Å². The van der Waals surface area contributed by atoms with Crippen LogP contribution in [0.4, 0.5) is 0 Å². The Morgan fingerprint density at radius 1 is 1.10 bits per heavy atom. The number of benzene rings is 1. The van der Waals surface area contributed by atoms with Crippen molar-refractivity contribution in [1.29, 1.82) is 0 Å². The normalized spacial score (nSPS) is 13.7. The number of nitrogens with zero attached hydrogens (tertiary/aromatic N) is 1. The Kier molecular flexibility index (Phi) is 6.06. The van der Waals surface area contributed by atoms with E-state index >= 15 is 0 Å². The minimum atomic E-state index is -4.42. The van der Waals surface area contributed by atoms with Crippen molar-refractivity contribution in [2.24, 2.45) is 0 Å². The molecule has 0 aromatic heterocycles. The van der Waals surface area contributed by atoms with E-state index in [0.717, 1.165) is 10.5 Å².